The highest BCUT2D eigenvalue weighted by Crippen LogP contribution is 2.34. The van der Waals surface area contributed by atoms with Gasteiger partial charge in [-0.2, -0.15) is 0 Å². The Bertz CT molecular complexity index is 230. The molecule has 0 aliphatic rings. The van der Waals surface area contributed by atoms with Gasteiger partial charge in [0.05, 0.1) is 0 Å². The molecule has 1 aromatic rings. The van der Waals surface area contributed by atoms with Crippen LogP contribution in [0.5, 0.6) is 0 Å². The van der Waals surface area contributed by atoms with Crippen LogP contribution in [0, 0.1) is 6.07 Å². The average molecular weight is 243 g/mol. The summed E-state index contributed by atoms with van der Waals surface area (Å²) in [7, 11) is 0. The molecule has 0 N–H and O–H groups in total. The molecule has 1 radical (unpaired) electrons. The summed E-state index contributed by atoms with van der Waals surface area (Å²) in [6.45, 7) is 0. The Balaban J connectivity index is 3.09. The molecular weight excluding hydrogens is 238 g/mol. The molecule has 0 atom stereocenters. The van der Waals surface area contributed by atoms with Gasteiger partial charge in [0.25, 0.3) is 0 Å². The first-order chi connectivity index (χ1) is 5.63. The maximum absolute atomic E-state index is 5.68. The molecular formula is C8H5Cl4. The van der Waals surface area contributed by atoms with Gasteiger partial charge in [-0.3, -0.25) is 0 Å². The van der Waals surface area contributed by atoms with Gasteiger partial charge in [0, 0.05) is 0 Å². The number of halogens is 4. The Morgan fingerprint density at radius 3 is 2.17 bits per heavy atom. The van der Waals surface area contributed by atoms with E-state index in [4.69, 9.17) is 46.4 Å². The maximum Gasteiger partial charge on any atom is 0.133 e. The first-order valence-corrected chi connectivity index (χ1v) is 4.94. The van der Waals surface area contributed by atoms with Crippen LogP contribution < -0.4 is 0 Å². The Kier molecular flexibility index (Phi) is 3.98. The predicted molar refractivity (Wildman–Crippen MR) is 54.2 cm³/mol. The first kappa shape index (κ1) is 10.5. The SMILES string of the molecule is ClC(Cl)c1[c]cccc1C(Cl)Cl. The Hall–Kier alpha value is 0.380. The highest BCUT2D eigenvalue weighted by atomic mass is 35.5. The van der Waals surface area contributed by atoms with Crippen LogP contribution in [-0.4, -0.2) is 0 Å². The molecule has 0 unspecified atom stereocenters. The lowest BCUT2D eigenvalue weighted by Crippen LogP contribution is -1.91. The molecule has 1 aromatic carbocycles. The van der Waals surface area contributed by atoms with E-state index in [1.807, 2.05) is 0 Å². The number of rotatable bonds is 2. The van der Waals surface area contributed by atoms with Gasteiger partial charge in [-0.25, -0.2) is 0 Å². The Labute approximate surface area is 91.4 Å². The van der Waals surface area contributed by atoms with E-state index < -0.39 is 9.67 Å². The number of alkyl halides is 4. The fourth-order valence-corrected chi connectivity index (χ4v) is 1.60. The molecule has 0 aliphatic carbocycles. The molecule has 0 bridgehead atoms. The van der Waals surface area contributed by atoms with Crippen molar-refractivity contribution in [1.29, 1.82) is 0 Å². The summed E-state index contributed by atoms with van der Waals surface area (Å²) < 4.78 is 0. The van der Waals surface area contributed by atoms with Crippen molar-refractivity contribution in [2.75, 3.05) is 0 Å². The van der Waals surface area contributed by atoms with Crippen LogP contribution in [0.3, 0.4) is 0 Å². The summed E-state index contributed by atoms with van der Waals surface area (Å²) in [5.74, 6) is 0. The van der Waals surface area contributed by atoms with Gasteiger partial charge in [0.15, 0.2) is 0 Å². The van der Waals surface area contributed by atoms with Crippen LogP contribution in [0.25, 0.3) is 0 Å². The summed E-state index contributed by atoms with van der Waals surface area (Å²) >= 11 is 22.7. The van der Waals surface area contributed by atoms with Crippen molar-refractivity contribution in [2.45, 2.75) is 9.67 Å². The summed E-state index contributed by atoms with van der Waals surface area (Å²) in [6.07, 6.45) is 0. The maximum atomic E-state index is 5.68. The standard InChI is InChI=1S/C8H5Cl4/c9-7(10)5-3-1-2-4-6(5)8(11)12/h1-3,7-8H. The van der Waals surface area contributed by atoms with Crippen molar-refractivity contribution in [1.82, 2.24) is 0 Å². The second-order valence-corrected chi connectivity index (χ2v) is 4.33. The molecule has 0 nitrogen and oxygen atoms in total. The lowest BCUT2D eigenvalue weighted by molar-refractivity contribution is 1.21. The third-order valence-electron chi connectivity index (χ3n) is 1.38. The predicted octanol–water partition coefficient (Wildman–Crippen LogP) is 4.44. The van der Waals surface area contributed by atoms with Crippen molar-refractivity contribution in [2.24, 2.45) is 0 Å². The molecule has 0 heterocycles. The van der Waals surface area contributed by atoms with Crippen molar-refractivity contribution < 1.29 is 0 Å². The topological polar surface area (TPSA) is 0 Å². The molecule has 0 fully saturated rings. The normalized spacial score (nSPS) is 11.2. The number of hydrogen-bond donors (Lipinski definition) is 0. The summed E-state index contributed by atoms with van der Waals surface area (Å²) in [5, 5.41) is 0. The van der Waals surface area contributed by atoms with E-state index in [0.29, 0.717) is 11.1 Å². The summed E-state index contributed by atoms with van der Waals surface area (Å²) in [4.78, 5) is -1.25. The van der Waals surface area contributed by atoms with Crippen LogP contribution in [0.2, 0.25) is 0 Å². The van der Waals surface area contributed by atoms with Gasteiger partial charge in [0.2, 0.25) is 0 Å². The minimum Gasteiger partial charge on any atom is -0.100 e. The smallest absolute Gasteiger partial charge is 0.100 e. The monoisotopic (exact) mass is 241 g/mol. The van der Waals surface area contributed by atoms with Gasteiger partial charge in [-0.1, -0.05) is 18.2 Å². The lowest BCUT2D eigenvalue weighted by Gasteiger charge is -2.09. The molecule has 0 spiro atoms. The van der Waals surface area contributed by atoms with E-state index in [1.54, 1.807) is 18.2 Å². The first-order valence-electron chi connectivity index (χ1n) is 3.19. The third-order valence-corrected chi connectivity index (χ3v) is 2.28. The van der Waals surface area contributed by atoms with E-state index in [1.165, 1.54) is 0 Å². The molecule has 0 saturated heterocycles. The second-order valence-electron chi connectivity index (χ2n) is 2.14. The lowest BCUT2D eigenvalue weighted by atomic mass is 10.1. The van der Waals surface area contributed by atoms with E-state index in [0.717, 1.165) is 0 Å². The highest BCUT2D eigenvalue weighted by molar-refractivity contribution is 6.46. The molecule has 4 heteroatoms. The molecule has 0 aromatic heterocycles. The zero-order valence-corrected chi connectivity index (χ0v) is 8.92. The largest absolute Gasteiger partial charge is 0.133 e. The van der Waals surface area contributed by atoms with Crippen molar-refractivity contribution in [3.63, 3.8) is 0 Å². The van der Waals surface area contributed by atoms with E-state index in [9.17, 15) is 0 Å². The molecule has 1 rings (SSSR count). The van der Waals surface area contributed by atoms with Crippen molar-refractivity contribution in [3.8, 4) is 0 Å². The van der Waals surface area contributed by atoms with E-state index in [-0.39, 0.29) is 0 Å². The fourth-order valence-electron chi connectivity index (χ4n) is 0.842. The number of hydrogen-bond acceptors (Lipinski definition) is 0. The van der Waals surface area contributed by atoms with Crippen LogP contribution in [0.1, 0.15) is 20.8 Å². The third kappa shape index (κ3) is 2.43. The second kappa shape index (κ2) is 4.57. The van der Waals surface area contributed by atoms with Gasteiger partial charge < -0.3 is 0 Å². The van der Waals surface area contributed by atoms with Crippen molar-refractivity contribution >= 4 is 46.4 Å². The van der Waals surface area contributed by atoms with Gasteiger partial charge in [-0.05, 0) is 17.2 Å². The quantitative estimate of drug-likeness (QED) is 0.673. The van der Waals surface area contributed by atoms with E-state index >= 15 is 0 Å². The minimum atomic E-state index is -0.638. The van der Waals surface area contributed by atoms with Gasteiger partial charge in [0.1, 0.15) is 9.67 Å². The fraction of sp³-hybridized carbons (Fsp3) is 0.250. The van der Waals surface area contributed by atoms with Crippen molar-refractivity contribution in [3.05, 3.63) is 35.4 Å². The Morgan fingerprint density at radius 1 is 1.08 bits per heavy atom. The van der Waals surface area contributed by atoms with Crippen LogP contribution in [0.4, 0.5) is 0 Å². The van der Waals surface area contributed by atoms with Crippen LogP contribution in [-0.2, 0) is 0 Å². The zero-order chi connectivity index (χ0) is 9.14. The van der Waals surface area contributed by atoms with Gasteiger partial charge >= 0.3 is 0 Å². The highest BCUT2D eigenvalue weighted by Gasteiger charge is 2.13. The number of benzene rings is 1. The van der Waals surface area contributed by atoms with Crippen LogP contribution in [0.15, 0.2) is 18.2 Å². The summed E-state index contributed by atoms with van der Waals surface area (Å²) in [6, 6.07) is 8.16. The van der Waals surface area contributed by atoms with E-state index in [2.05, 4.69) is 6.07 Å². The zero-order valence-electron chi connectivity index (χ0n) is 5.90. The van der Waals surface area contributed by atoms with Crippen LogP contribution >= 0.6 is 46.4 Å². The average Bonchev–Trinajstić information content (AvgIpc) is 2.04. The van der Waals surface area contributed by atoms with Gasteiger partial charge in [-0.15, -0.1) is 46.4 Å². The molecule has 0 amide bonds. The molecule has 65 valence electrons. The molecule has 12 heavy (non-hydrogen) atoms. The minimum absolute atomic E-state index is 0.613. The Morgan fingerprint density at radius 2 is 1.75 bits per heavy atom. The molecule has 0 aliphatic heterocycles. The molecule has 0 saturated carbocycles. The summed E-state index contributed by atoms with van der Waals surface area (Å²) in [5.41, 5.74) is 1.34.